The predicted octanol–water partition coefficient (Wildman–Crippen LogP) is 1.95. The predicted molar refractivity (Wildman–Crippen MR) is 98.4 cm³/mol. The van der Waals surface area contributed by atoms with E-state index in [9.17, 15) is 4.39 Å². The summed E-state index contributed by atoms with van der Waals surface area (Å²) in [7, 11) is 0. The maximum atomic E-state index is 13.7. The lowest BCUT2D eigenvalue weighted by atomic mass is 9.99. The molecule has 1 unspecified atom stereocenters. The molecule has 2 aromatic heterocycles. The molecule has 26 heavy (non-hydrogen) atoms. The van der Waals surface area contributed by atoms with E-state index in [1.807, 2.05) is 0 Å². The Morgan fingerprint density at radius 1 is 1.23 bits per heavy atom. The van der Waals surface area contributed by atoms with E-state index < -0.39 is 5.82 Å². The number of nitrogens with two attached hydrogens (primary N) is 1. The minimum atomic E-state index is -0.463. The number of aromatic nitrogens is 3. The van der Waals surface area contributed by atoms with E-state index in [1.54, 1.807) is 6.20 Å². The van der Waals surface area contributed by atoms with Crippen molar-refractivity contribution in [1.82, 2.24) is 20.3 Å². The lowest BCUT2D eigenvalue weighted by Gasteiger charge is -2.20. The van der Waals surface area contributed by atoms with Gasteiger partial charge in [-0.25, -0.2) is 19.3 Å². The number of piperidine rings is 1. The number of hydrogen-bond acceptors (Lipinski definition) is 8. The molecular weight excluding hydrogens is 357 g/mol. The van der Waals surface area contributed by atoms with Crippen molar-refractivity contribution in [2.45, 2.75) is 37.7 Å². The van der Waals surface area contributed by atoms with Crippen LogP contribution in [0.3, 0.4) is 0 Å². The number of aliphatic hydroxyl groups is 1. The minimum absolute atomic E-state index is 0.0771. The van der Waals surface area contributed by atoms with Crippen LogP contribution >= 0.6 is 11.3 Å². The molecule has 4 heterocycles. The van der Waals surface area contributed by atoms with E-state index in [0.29, 0.717) is 17.4 Å². The van der Waals surface area contributed by atoms with E-state index in [4.69, 9.17) is 15.6 Å². The van der Waals surface area contributed by atoms with Crippen LogP contribution < -0.4 is 11.1 Å². The summed E-state index contributed by atoms with van der Waals surface area (Å²) in [5.74, 6) is 0.0742. The maximum Gasteiger partial charge on any atom is 0.220 e. The van der Waals surface area contributed by atoms with Crippen molar-refractivity contribution in [3.05, 3.63) is 23.2 Å². The number of ether oxygens (including phenoxy) is 1. The number of anilines is 1. The molecule has 2 fully saturated rings. The van der Waals surface area contributed by atoms with E-state index in [0.717, 1.165) is 56.6 Å². The van der Waals surface area contributed by atoms with Crippen LogP contribution in [0.1, 0.15) is 36.6 Å². The summed E-state index contributed by atoms with van der Waals surface area (Å²) in [5, 5.41) is 13.2. The molecule has 7 nitrogen and oxygen atoms in total. The Labute approximate surface area is 155 Å². The number of aliphatic hydroxyl groups excluding tert-OH is 1. The SMILES string of the molecule is Nc1ncc(F)c(-c2cnc(C3CCNCC3)s2)n1.OC1CCCOC1. The Morgan fingerprint density at radius 3 is 2.69 bits per heavy atom. The molecule has 0 saturated carbocycles. The second-order valence-electron chi connectivity index (χ2n) is 6.38. The summed E-state index contributed by atoms with van der Waals surface area (Å²) >= 11 is 1.49. The molecule has 9 heteroatoms. The molecule has 142 valence electrons. The van der Waals surface area contributed by atoms with Gasteiger partial charge in [-0.05, 0) is 38.8 Å². The van der Waals surface area contributed by atoms with Crippen molar-refractivity contribution < 1.29 is 14.2 Å². The highest BCUT2D eigenvalue weighted by Crippen LogP contribution is 2.33. The van der Waals surface area contributed by atoms with Gasteiger partial charge < -0.3 is 20.9 Å². The average molecular weight is 381 g/mol. The Bertz CT molecular complexity index is 702. The van der Waals surface area contributed by atoms with E-state index in [2.05, 4.69) is 20.3 Å². The summed E-state index contributed by atoms with van der Waals surface area (Å²) in [6, 6.07) is 0. The van der Waals surface area contributed by atoms with Crippen molar-refractivity contribution in [1.29, 1.82) is 0 Å². The molecule has 0 bridgehead atoms. The first-order chi connectivity index (χ1) is 12.6. The largest absolute Gasteiger partial charge is 0.391 e. The zero-order valence-electron chi connectivity index (χ0n) is 14.5. The van der Waals surface area contributed by atoms with Crippen LogP contribution in [0.25, 0.3) is 10.6 Å². The third-order valence-electron chi connectivity index (χ3n) is 4.34. The van der Waals surface area contributed by atoms with Gasteiger partial charge in [-0.3, -0.25) is 0 Å². The fourth-order valence-corrected chi connectivity index (χ4v) is 4.01. The van der Waals surface area contributed by atoms with Gasteiger partial charge >= 0.3 is 0 Å². The maximum absolute atomic E-state index is 13.7. The van der Waals surface area contributed by atoms with Crippen molar-refractivity contribution >= 4 is 17.3 Å². The highest BCUT2D eigenvalue weighted by atomic mass is 32.1. The van der Waals surface area contributed by atoms with Crippen LogP contribution in [0, 0.1) is 5.82 Å². The van der Waals surface area contributed by atoms with Gasteiger partial charge in [0.2, 0.25) is 5.95 Å². The first-order valence-corrected chi connectivity index (χ1v) is 9.65. The Hall–Kier alpha value is -1.68. The van der Waals surface area contributed by atoms with Gasteiger partial charge in [-0.2, -0.15) is 0 Å². The molecule has 4 rings (SSSR count). The van der Waals surface area contributed by atoms with Gasteiger partial charge in [0, 0.05) is 18.7 Å². The second-order valence-corrected chi connectivity index (χ2v) is 7.44. The molecule has 0 aromatic carbocycles. The molecule has 0 radical (unpaired) electrons. The molecule has 2 aromatic rings. The molecule has 2 aliphatic heterocycles. The zero-order chi connectivity index (χ0) is 18.4. The number of thiazole rings is 1. The summed E-state index contributed by atoms with van der Waals surface area (Å²) in [4.78, 5) is 12.7. The summed E-state index contributed by atoms with van der Waals surface area (Å²) in [6.45, 7) is 3.39. The van der Waals surface area contributed by atoms with Gasteiger partial charge in [0.25, 0.3) is 0 Å². The van der Waals surface area contributed by atoms with Crippen LogP contribution in [0.15, 0.2) is 12.4 Å². The van der Waals surface area contributed by atoms with E-state index >= 15 is 0 Å². The summed E-state index contributed by atoms with van der Waals surface area (Å²) < 4.78 is 18.6. The number of nitrogens with one attached hydrogen (secondary N) is 1. The third-order valence-corrected chi connectivity index (χ3v) is 5.51. The molecule has 0 amide bonds. The number of nitrogens with zero attached hydrogens (tertiary/aromatic N) is 3. The Balaban J connectivity index is 0.000000236. The normalized spacial score (nSPS) is 21.1. The van der Waals surface area contributed by atoms with Crippen LogP contribution in [0.4, 0.5) is 10.3 Å². The second kappa shape index (κ2) is 9.31. The first-order valence-electron chi connectivity index (χ1n) is 8.84. The van der Waals surface area contributed by atoms with Gasteiger partial charge in [0.15, 0.2) is 5.82 Å². The van der Waals surface area contributed by atoms with Crippen LogP contribution in [-0.2, 0) is 4.74 Å². The van der Waals surface area contributed by atoms with Gasteiger partial charge in [0.1, 0.15) is 5.69 Å². The van der Waals surface area contributed by atoms with Gasteiger partial charge in [0.05, 0.1) is 28.8 Å². The minimum Gasteiger partial charge on any atom is -0.391 e. The number of nitrogen functional groups attached to an aromatic ring is 1. The highest BCUT2D eigenvalue weighted by Gasteiger charge is 2.20. The molecule has 1 atom stereocenters. The molecule has 4 N–H and O–H groups in total. The van der Waals surface area contributed by atoms with E-state index in [1.165, 1.54) is 11.3 Å². The number of halogens is 1. The quantitative estimate of drug-likeness (QED) is 0.730. The lowest BCUT2D eigenvalue weighted by Crippen LogP contribution is -2.26. The molecular formula is C17H24FN5O2S. The van der Waals surface area contributed by atoms with Crippen LogP contribution in [0.5, 0.6) is 0 Å². The first kappa shape index (κ1) is 19.1. The fourth-order valence-electron chi connectivity index (χ4n) is 2.93. The standard InChI is InChI=1S/C12H14FN5S.C5H10O2/c13-8-5-17-12(14)18-10(8)9-6-16-11(19-9)7-1-3-15-4-2-7;6-5-2-1-3-7-4-5/h5-7,15H,1-4H2,(H2,14,17,18);5-6H,1-4H2. The van der Waals surface area contributed by atoms with Crippen molar-refractivity contribution in [2.75, 3.05) is 32.0 Å². The number of rotatable bonds is 2. The third kappa shape index (κ3) is 5.16. The molecule has 2 saturated heterocycles. The lowest BCUT2D eigenvalue weighted by molar-refractivity contribution is -0.00535. The fraction of sp³-hybridized carbons (Fsp3) is 0.588. The Kier molecular flexibility index (Phi) is 6.84. The summed E-state index contributed by atoms with van der Waals surface area (Å²) in [6.07, 6.45) is 6.66. The highest BCUT2D eigenvalue weighted by molar-refractivity contribution is 7.15. The van der Waals surface area contributed by atoms with Gasteiger partial charge in [-0.1, -0.05) is 0 Å². The van der Waals surface area contributed by atoms with Crippen LogP contribution in [-0.4, -0.2) is 52.5 Å². The number of hydrogen-bond donors (Lipinski definition) is 3. The monoisotopic (exact) mass is 381 g/mol. The molecule has 2 aliphatic rings. The average Bonchev–Trinajstić information content (AvgIpc) is 3.16. The van der Waals surface area contributed by atoms with Crippen molar-refractivity contribution in [2.24, 2.45) is 0 Å². The molecule has 0 spiro atoms. The van der Waals surface area contributed by atoms with Crippen molar-refractivity contribution in [3.63, 3.8) is 0 Å². The van der Waals surface area contributed by atoms with Gasteiger partial charge in [-0.15, -0.1) is 11.3 Å². The van der Waals surface area contributed by atoms with Crippen LogP contribution in [0.2, 0.25) is 0 Å². The van der Waals surface area contributed by atoms with E-state index in [-0.39, 0.29) is 17.7 Å². The topological polar surface area (TPSA) is 106 Å². The summed E-state index contributed by atoms with van der Waals surface area (Å²) in [5.41, 5.74) is 5.74. The Morgan fingerprint density at radius 2 is 2.04 bits per heavy atom. The van der Waals surface area contributed by atoms with Crippen molar-refractivity contribution in [3.8, 4) is 10.6 Å². The smallest absolute Gasteiger partial charge is 0.220 e. The zero-order valence-corrected chi connectivity index (χ0v) is 15.3. The molecule has 0 aliphatic carbocycles.